The Balaban J connectivity index is 2.13. The average molecular weight is 312 g/mol. The Labute approximate surface area is 112 Å². The summed E-state index contributed by atoms with van der Waals surface area (Å²) in [6.07, 6.45) is 3.32. The van der Waals surface area contributed by atoms with Gasteiger partial charge in [0.25, 0.3) is 0 Å². The predicted octanol–water partition coefficient (Wildman–Crippen LogP) is 2.89. The van der Waals surface area contributed by atoms with Crippen molar-refractivity contribution >= 4 is 15.9 Å². The van der Waals surface area contributed by atoms with Gasteiger partial charge in [-0.05, 0) is 19.2 Å². The van der Waals surface area contributed by atoms with Gasteiger partial charge < -0.3 is 10.1 Å². The zero-order valence-corrected chi connectivity index (χ0v) is 11.2. The third-order valence-corrected chi connectivity index (χ3v) is 2.57. The molecule has 0 radical (unpaired) electrons. The number of nitrogens with zero attached hydrogens (tertiary/aromatic N) is 2. The standard InChI is InChI=1S/C12H11BrFN3O/c1-15-5-8-6-16-12(17-7-8)18-11-3-9(13)2-10(14)4-11/h2-4,6-7,15H,5H2,1H3. The Morgan fingerprint density at radius 1 is 1.28 bits per heavy atom. The van der Waals surface area contributed by atoms with Crippen LogP contribution in [0.15, 0.2) is 35.1 Å². The monoisotopic (exact) mass is 311 g/mol. The van der Waals surface area contributed by atoms with Crippen molar-refractivity contribution in [1.82, 2.24) is 15.3 Å². The Morgan fingerprint density at radius 3 is 2.61 bits per heavy atom. The van der Waals surface area contributed by atoms with E-state index in [9.17, 15) is 4.39 Å². The zero-order valence-electron chi connectivity index (χ0n) is 9.65. The number of benzene rings is 1. The first-order valence-corrected chi connectivity index (χ1v) is 6.06. The van der Waals surface area contributed by atoms with Crippen LogP contribution in [0.3, 0.4) is 0 Å². The van der Waals surface area contributed by atoms with E-state index in [1.165, 1.54) is 12.1 Å². The molecule has 94 valence electrons. The molecule has 0 saturated heterocycles. The highest BCUT2D eigenvalue weighted by molar-refractivity contribution is 9.10. The molecule has 18 heavy (non-hydrogen) atoms. The van der Waals surface area contributed by atoms with E-state index in [0.29, 0.717) is 16.8 Å². The minimum Gasteiger partial charge on any atom is -0.424 e. The van der Waals surface area contributed by atoms with E-state index in [0.717, 1.165) is 5.56 Å². The second-order valence-electron chi connectivity index (χ2n) is 3.61. The molecular formula is C12H11BrFN3O. The van der Waals surface area contributed by atoms with Crippen LogP contribution in [0.25, 0.3) is 0 Å². The summed E-state index contributed by atoms with van der Waals surface area (Å²) in [7, 11) is 1.84. The average Bonchev–Trinajstić information content (AvgIpc) is 2.31. The Morgan fingerprint density at radius 2 is 2.00 bits per heavy atom. The van der Waals surface area contributed by atoms with Crippen LogP contribution < -0.4 is 10.1 Å². The number of hydrogen-bond donors (Lipinski definition) is 1. The fourth-order valence-corrected chi connectivity index (χ4v) is 1.83. The topological polar surface area (TPSA) is 47.0 Å². The molecule has 0 aliphatic heterocycles. The second kappa shape index (κ2) is 5.88. The Hall–Kier alpha value is -1.53. The van der Waals surface area contributed by atoms with Crippen LogP contribution in [0.4, 0.5) is 4.39 Å². The molecular weight excluding hydrogens is 301 g/mol. The molecule has 1 aromatic carbocycles. The van der Waals surface area contributed by atoms with Gasteiger partial charge in [-0.3, -0.25) is 0 Å². The van der Waals surface area contributed by atoms with Gasteiger partial charge in [0.2, 0.25) is 0 Å². The van der Waals surface area contributed by atoms with Crippen LogP contribution in [0, 0.1) is 5.82 Å². The second-order valence-corrected chi connectivity index (χ2v) is 4.53. The van der Waals surface area contributed by atoms with E-state index < -0.39 is 0 Å². The maximum Gasteiger partial charge on any atom is 0.321 e. The molecule has 0 aliphatic carbocycles. The highest BCUT2D eigenvalue weighted by Crippen LogP contribution is 2.23. The number of ether oxygens (including phenoxy) is 1. The minimum atomic E-state index is -0.383. The molecule has 0 saturated carbocycles. The molecule has 0 unspecified atom stereocenters. The van der Waals surface area contributed by atoms with Crippen LogP contribution in [0.5, 0.6) is 11.8 Å². The third kappa shape index (κ3) is 3.48. The van der Waals surface area contributed by atoms with Gasteiger partial charge >= 0.3 is 6.01 Å². The van der Waals surface area contributed by atoms with Crippen LogP contribution in [-0.4, -0.2) is 17.0 Å². The van der Waals surface area contributed by atoms with Crippen molar-refractivity contribution in [3.63, 3.8) is 0 Å². The van der Waals surface area contributed by atoms with E-state index in [-0.39, 0.29) is 11.8 Å². The van der Waals surface area contributed by atoms with Crippen LogP contribution in [0.2, 0.25) is 0 Å². The summed E-state index contributed by atoms with van der Waals surface area (Å²) < 4.78 is 19.1. The molecule has 1 aromatic heterocycles. The Kier molecular flexibility index (Phi) is 4.22. The van der Waals surface area contributed by atoms with E-state index in [1.54, 1.807) is 18.5 Å². The van der Waals surface area contributed by atoms with Gasteiger partial charge in [0.05, 0.1) is 0 Å². The van der Waals surface area contributed by atoms with Crippen LogP contribution in [-0.2, 0) is 6.54 Å². The number of rotatable bonds is 4. The van der Waals surface area contributed by atoms with Crippen molar-refractivity contribution in [2.75, 3.05) is 7.05 Å². The molecule has 0 fully saturated rings. The summed E-state index contributed by atoms with van der Waals surface area (Å²) in [4.78, 5) is 8.08. The molecule has 4 nitrogen and oxygen atoms in total. The van der Waals surface area contributed by atoms with Crippen molar-refractivity contribution < 1.29 is 9.13 Å². The van der Waals surface area contributed by atoms with Crippen molar-refractivity contribution in [2.45, 2.75) is 6.54 Å². The molecule has 0 bridgehead atoms. The lowest BCUT2D eigenvalue weighted by atomic mass is 10.3. The lowest BCUT2D eigenvalue weighted by Crippen LogP contribution is -2.06. The number of halogens is 2. The maximum atomic E-state index is 13.1. The molecule has 0 amide bonds. The van der Waals surface area contributed by atoms with Gasteiger partial charge in [0.1, 0.15) is 11.6 Å². The van der Waals surface area contributed by atoms with Gasteiger partial charge in [-0.15, -0.1) is 0 Å². The SMILES string of the molecule is CNCc1cnc(Oc2cc(F)cc(Br)c2)nc1. The van der Waals surface area contributed by atoms with E-state index in [1.807, 2.05) is 7.05 Å². The fourth-order valence-electron chi connectivity index (χ4n) is 1.38. The fraction of sp³-hybridized carbons (Fsp3) is 0.167. The first-order valence-electron chi connectivity index (χ1n) is 5.27. The number of hydrogen-bond acceptors (Lipinski definition) is 4. The lowest BCUT2D eigenvalue weighted by Gasteiger charge is -2.05. The minimum absolute atomic E-state index is 0.187. The molecule has 0 spiro atoms. The first-order chi connectivity index (χ1) is 8.67. The van der Waals surface area contributed by atoms with Crippen LogP contribution in [0.1, 0.15) is 5.56 Å². The van der Waals surface area contributed by atoms with Gasteiger partial charge in [0, 0.05) is 35.0 Å². The van der Waals surface area contributed by atoms with Gasteiger partial charge in [0.15, 0.2) is 0 Å². The molecule has 6 heteroatoms. The van der Waals surface area contributed by atoms with E-state index in [4.69, 9.17) is 4.74 Å². The molecule has 1 heterocycles. The largest absolute Gasteiger partial charge is 0.424 e. The summed E-state index contributed by atoms with van der Waals surface area (Å²) in [5.74, 6) is -0.0329. The summed E-state index contributed by atoms with van der Waals surface area (Å²) in [6, 6.07) is 4.46. The molecule has 0 aliphatic rings. The van der Waals surface area contributed by atoms with Gasteiger partial charge in [-0.1, -0.05) is 15.9 Å². The zero-order chi connectivity index (χ0) is 13.0. The quantitative estimate of drug-likeness (QED) is 0.943. The normalized spacial score (nSPS) is 10.4. The van der Waals surface area contributed by atoms with E-state index in [2.05, 4.69) is 31.2 Å². The Bertz CT molecular complexity index is 513. The third-order valence-electron chi connectivity index (χ3n) is 2.11. The highest BCUT2D eigenvalue weighted by atomic mass is 79.9. The van der Waals surface area contributed by atoms with Crippen molar-refractivity contribution in [3.05, 3.63) is 46.4 Å². The van der Waals surface area contributed by atoms with Crippen molar-refractivity contribution in [2.24, 2.45) is 0 Å². The summed E-state index contributed by atoms with van der Waals surface area (Å²) in [5.41, 5.74) is 0.949. The van der Waals surface area contributed by atoms with Crippen LogP contribution >= 0.6 is 15.9 Å². The number of aromatic nitrogens is 2. The molecule has 1 N–H and O–H groups in total. The predicted molar refractivity (Wildman–Crippen MR) is 69.0 cm³/mol. The van der Waals surface area contributed by atoms with Gasteiger partial charge in [-0.2, -0.15) is 0 Å². The van der Waals surface area contributed by atoms with E-state index >= 15 is 0 Å². The summed E-state index contributed by atoms with van der Waals surface area (Å²) >= 11 is 3.19. The van der Waals surface area contributed by atoms with Gasteiger partial charge in [-0.25, -0.2) is 14.4 Å². The molecule has 0 atom stereocenters. The summed E-state index contributed by atoms with van der Waals surface area (Å²) in [6.45, 7) is 0.686. The smallest absolute Gasteiger partial charge is 0.321 e. The first kappa shape index (κ1) is 12.9. The number of nitrogens with one attached hydrogen (secondary N) is 1. The highest BCUT2D eigenvalue weighted by Gasteiger charge is 2.04. The molecule has 2 aromatic rings. The van der Waals surface area contributed by atoms with Crippen molar-refractivity contribution in [1.29, 1.82) is 0 Å². The summed E-state index contributed by atoms with van der Waals surface area (Å²) in [5, 5.41) is 2.99. The maximum absolute atomic E-state index is 13.1. The molecule has 2 rings (SSSR count). The lowest BCUT2D eigenvalue weighted by molar-refractivity contribution is 0.436. The van der Waals surface area contributed by atoms with Crippen molar-refractivity contribution in [3.8, 4) is 11.8 Å².